The number of rotatable bonds is 5. The molecule has 3 aromatic carbocycles. The van der Waals surface area contributed by atoms with Gasteiger partial charge in [0.1, 0.15) is 5.65 Å². The van der Waals surface area contributed by atoms with Crippen LogP contribution in [-0.2, 0) is 6.42 Å². The van der Waals surface area contributed by atoms with Crippen LogP contribution in [0.4, 0.5) is 0 Å². The molecule has 0 aliphatic heterocycles. The van der Waals surface area contributed by atoms with Gasteiger partial charge in [-0.1, -0.05) is 54.6 Å². The van der Waals surface area contributed by atoms with Gasteiger partial charge in [0, 0.05) is 41.3 Å². The average molecular weight is 474 g/mol. The van der Waals surface area contributed by atoms with Crippen molar-refractivity contribution in [2.75, 3.05) is 0 Å². The number of nitrogens with zero attached hydrogens (tertiary/aromatic N) is 3. The zero-order valence-corrected chi connectivity index (χ0v) is 20.6. The molecule has 3 heterocycles. The largest absolute Gasteiger partial charge is 0.478 e. The van der Waals surface area contributed by atoms with Crippen LogP contribution in [0.25, 0.3) is 38.6 Å². The van der Waals surface area contributed by atoms with E-state index in [1.165, 1.54) is 22.0 Å². The van der Waals surface area contributed by atoms with Crippen LogP contribution >= 0.6 is 0 Å². The highest BCUT2D eigenvalue weighted by atomic mass is 16.4. The molecule has 0 radical (unpaired) electrons. The lowest BCUT2D eigenvalue weighted by molar-refractivity contribution is 0.0700. The molecule has 6 rings (SSSR count). The Morgan fingerprint density at radius 1 is 0.972 bits per heavy atom. The van der Waals surface area contributed by atoms with Crippen molar-refractivity contribution in [2.24, 2.45) is 0 Å². The first-order valence-corrected chi connectivity index (χ1v) is 12.2. The van der Waals surface area contributed by atoms with Crippen molar-refractivity contribution < 1.29 is 9.90 Å². The Labute approximate surface area is 209 Å². The van der Waals surface area contributed by atoms with E-state index >= 15 is 0 Å². The Balaban J connectivity index is 1.64. The second-order valence-electron chi connectivity index (χ2n) is 9.65. The Morgan fingerprint density at radius 3 is 2.58 bits per heavy atom. The maximum atomic E-state index is 12.6. The number of carboxylic acids is 1. The van der Waals surface area contributed by atoms with E-state index < -0.39 is 5.97 Å². The average Bonchev–Trinajstić information content (AvgIpc) is 3.43. The van der Waals surface area contributed by atoms with E-state index in [4.69, 9.17) is 4.98 Å². The third kappa shape index (κ3) is 3.39. The number of fused-ring (bicyclic) bond motifs is 3. The third-order valence-corrected chi connectivity index (χ3v) is 7.09. The maximum absolute atomic E-state index is 12.6. The zero-order valence-electron chi connectivity index (χ0n) is 20.6. The second-order valence-corrected chi connectivity index (χ2v) is 9.65. The maximum Gasteiger partial charge on any atom is 0.337 e. The van der Waals surface area contributed by atoms with Gasteiger partial charge in [0.2, 0.25) is 0 Å². The Kier molecular flexibility index (Phi) is 5.15. The number of carbonyl (C=O) groups is 1. The number of aromatic carboxylic acids is 1. The van der Waals surface area contributed by atoms with Crippen molar-refractivity contribution in [3.8, 4) is 11.3 Å². The summed E-state index contributed by atoms with van der Waals surface area (Å²) in [5, 5.41) is 13.2. The molecule has 36 heavy (non-hydrogen) atoms. The molecule has 178 valence electrons. The Morgan fingerprint density at radius 2 is 1.78 bits per heavy atom. The number of aryl methyl sites for hydroxylation is 1. The summed E-state index contributed by atoms with van der Waals surface area (Å²) in [6, 6.07) is 24.2. The normalized spacial score (nSPS) is 11.8. The molecule has 5 nitrogen and oxygen atoms in total. The summed E-state index contributed by atoms with van der Waals surface area (Å²) >= 11 is 0. The molecule has 0 saturated heterocycles. The molecule has 5 heteroatoms. The van der Waals surface area contributed by atoms with Crippen LogP contribution in [0.15, 0.2) is 85.2 Å². The first-order valence-electron chi connectivity index (χ1n) is 12.2. The molecular weight excluding hydrogens is 446 g/mol. The van der Waals surface area contributed by atoms with Gasteiger partial charge in [0.15, 0.2) is 0 Å². The number of aromatic nitrogens is 3. The minimum Gasteiger partial charge on any atom is -0.478 e. The van der Waals surface area contributed by atoms with Gasteiger partial charge in [-0.3, -0.25) is 0 Å². The van der Waals surface area contributed by atoms with Crippen LogP contribution < -0.4 is 0 Å². The number of carboxylic acid groups (broad SMARTS) is 1. The summed E-state index contributed by atoms with van der Waals surface area (Å²) in [4.78, 5) is 17.5. The molecule has 3 aromatic heterocycles. The molecular formula is C31H27N3O2. The number of benzene rings is 3. The second kappa shape index (κ2) is 8.38. The lowest BCUT2D eigenvalue weighted by Crippen LogP contribution is -2.03. The van der Waals surface area contributed by atoms with Gasteiger partial charge < -0.3 is 14.1 Å². The lowest BCUT2D eigenvalue weighted by atomic mass is 9.94. The molecule has 0 amide bonds. The summed E-state index contributed by atoms with van der Waals surface area (Å²) in [7, 11) is 0. The highest BCUT2D eigenvalue weighted by Crippen LogP contribution is 2.36. The van der Waals surface area contributed by atoms with Crippen LogP contribution in [0, 0.1) is 6.92 Å². The van der Waals surface area contributed by atoms with Crippen LogP contribution in [0.2, 0.25) is 0 Å². The summed E-state index contributed by atoms with van der Waals surface area (Å²) in [5.74, 6) is -0.947. The first-order chi connectivity index (χ1) is 17.4. The topological polar surface area (TPSA) is 59.5 Å². The van der Waals surface area contributed by atoms with Gasteiger partial charge in [-0.05, 0) is 60.9 Å². The highest BCUT2D eigenvalue weighted by Gasteiger charge is 2.23. The van der Waals surface area contributed by atoms with Crippen molar-refractivity contribution in [1.29, 1.82) is 0 Å². The summed E-state index contributed by atoms with van der Waals surface area (Å²) in [6.07, 6.45) is 4.89. The number of pyridine rings is 1. The van der Waals surface area contributed by atoms with E-state index in [0.717, 1.165) is 22.1 Å². The van der Waals surface area contributed by atoms with Crippen molar-refractivity contribution in [1.82, 2.24) is 14.0 Å². The molecule has 0 atom stereocenters. The lowest BCUT2D eigenvalue weighted by Gasteiger charge is -2.11. The van der Waals surface area contributed by atoms with Gasteiger partial charge in [-0.15, -0.1) is 0 Å². The smallest absolute Gasteiger partial charge is 0.337 e. The SMILES string of the molecule is Cc1cccc2c1c(Cc1c(-c3ccc4ccccc4c3C(=O)O)nc3ccccn13)cn2C(C)C. The Hall–Kier alpha value is -4.38. The van der Waals surface area contributed by atoms with Crippen LogP contribution in [0.1, 0.15) is 47.1 Å². The van der Waals surface area contributed by atoms with Crippen molar-refractivity contribution >= 4 is 33.3 Å². The van der Waals surface area contributed by atoms with Crippen LogP contribution in [0.5, 0.6) is 0 Å². The molecule has 0 fully saturated rings. The third-order valence-electron chi connectivity index (χ3n) is 7.09. The van der Waals surface area contributed by atoms with E-state index in [2.05, 4.69) is 54.1 Å². The predicted molar refractivity (Wildman–Crippen MR) is 145 cm³/mol. The van der Waals surface area contributed by atoms with E-state index in [-0.39, 0.29) is 0 Å². The quantitative estimate of drug-likeness (QED) is 0.286. The van der Waals surface area contributed by atoms with E-state index in [1.54, 1.807) is 0 Å². The zero-order chi connectivity index (χ0) is 25.0. The summed E-state index contributed by atoms with van der Waals surface area (Å²) < 4.78 is 4.41. The first kappa shape index (κ1) is 22.1. The number of hydrogen-bond donors (Lipinski definition) is 1. The standard InChI is InChI=1S/C31H27N3O2/c1-19(2)34-18-22(28-20(3)9-8-12-25(28)34)17-26-30(32-27-13-6-7-16-33(26)27)24-15-14-21-10-4-5-11-23(21)29(24)31(35)36/h4-16,18-19H,17H2,1-3H3,(H,35,36). The minimum atomic E-state index is -0.947. The molecule has 0 unspecified atom stereocenters. The minimum absolute atomic E-state index is 0.290. The van der Waals surface area contributed by atoms with Crippen molar-refractivity contribution in [3.63, 3.8) is 0 Å². The van der Waals surface area contributed by atoms with Gasteiger partial charge in [0.05, 0.1) is 17.0 Å². The van der Waals surface area contributed by atoms with Crippen LogP contribution in [0.3, 0.4) is 0 Å². The van der Waals surface area contributed by atoms with E-state index in [9.17, 15) is 9.90 Å². The molecule has 6 aromatic rings. The van der Waals surface area contributed by atoms with Crippen LogP contribution in [-0.4, -0.2) is 25.0 Å². The van der Waals surface area contributed by atoms with Gasteiger partial charge >= 0.3 is 5.97 Å². The van der Waals surface area contributed by atoms with Gasteiger partial charge in [-0.2, -0.15) is 0 Å². The van der Waals surface area contributed by atoms with E-state index in [1.807, 2.05) is 60.8 Å². The van der Waals surface area contributed by atoms with Crippen molar-refractivity contribution in [2.45, 2.75) is 33.2 Å². The molecule has 0 saturated carbocycles. The van der Waals surface area contributed by atoms with E-state index in [0.29, 0.717) is 29.3 Å². The fourth-order valence-electron chi connectivity index (χ4n) is 5.46. The fraction of sp³-hybridized carbons (Fsp3) is 0.161. The monoisotopic (exact) mass is 473 g/mol. The number of hydrogen-bond acceptors (Lipinski definition) is 2. The molecule has 0 spiro atoms. The number of imidazole rings is 1. The Bertz CT molecular complexity index is 1790. The van der Waals surface area contributed by atoms with Crippen molar-refractivity contribution in [3.05, 3.63) is 108 Å². The van der Waals surface area contributed by atoms with Gasteiger partial charge in [0.25, 0.3) is 0 Å². The predicted octanol–water partition coefficient (Wildman–Crippen LogP) is 7.29. The molecule has 0 aliphatic rings. The highest BCUT2D eigenvalue weighted by molar-refractivity contribution is 6.09. The summed E-state index contributed by atoms with van der Waals surface area (Å²) in [6.45, 7) is 6.54. The fourth-order valence-corrected chi connectivity index (χ4v) is 5.46. The molecule has 0 aliphatic carbocycles. The molecule has 0 bridgehead atoms. The van der Waals surface area contributed by atoms with Gasteiger partial charge in [-0.25, -0.2) is 9.78 Å². The summed E-state index contributed by atoms with van der Waals surface area (Å²) in [5.41, 5.74) is 7.08. The molecule has 1 N–H and O–H groups in total.